The number of hydrogen-bond acceptors (Lipinski definition) is 5. The largest absolute Gasteiger partial charge is 0.486 e. The maximum atomic E-state index is 12.5. The Kier molecular flexibility index (Phi) is 3.96. The third kappa shape index (κ3) is 3.33. The van der Waals surface area contributed by atoms with E-state index in [1.54, 1.807) is 23.1 Å². The van der Waals surface area contributed by atoms with Crippen LogP contribution in [-0.4, -0.2) is 51.3 Å². The summed E-state index contributed by atoms with van der Waals surface area (Å²) in [6, 6.07) is 5.09. The Balaban J connectivity index is 1.70. The van der Waals surface area contributed by atoms with Gasteiger partial charge < -0.3 is 14.4 Å². The standard InChI is InChI=1S/C14H18N2O5S/c15-22(18,19)9-10-3-4-16(8-10)14(17)11-1-2-12-13(7-11)21-6-5-20-12/h1-2,7,10H,3-6,8-9H2,(H2,15,18,19)/t10-/m0/s1. The summed E-state index contributed by atoms with van der Waals surface area (Å²) in [4.78, 5) is 14.1. The summed E-state index contributed by atoms with van der Waals surface area (Å²) in [5.41, 5.74) is 0.514. The summed E-state index contributed by atoms with van der Waals surface area (Å²) in [6.45, 7) is 1.91. The van der Waals surface area contributed by atoms with E-state index in [4.69, 9.17) is 14.6 Å². The Morgan fingerprint density at radius 1 is 1.27 bits per heavy atom. The fraction of sp³-hybridized carbons (Fsp3) is 0.500. The second-order valence-electron chi connectivity index (χ2n) is 5.59. The van der Waals surface area contributed by atoms with Crippen molar-refractivity contribution < 1.29 is 22.7 Å². The Labute approximate surface area is 129 Å². The smallest absolute Gasteiger partial charge is 0.254 e. The molecule has 1 saturated heterocycles. The van der Waals surface area contributed by atoms with Crippen LogP contribution in [0, 0.1) is 5.92 Å². The van der Waals surface area contributed by atoms with Gasteiger partial charge in [-0.25, -0.2) is 13.6 Å². The number of nitrogens with two attached hydrogens (primary N) is 1. The van der Waals surface area contributed by atoms with Crippen molar-refractivity contribution in [2.24, 2.45) is 11.1 Å². The molecule has 2 N–H and O–H groups in total. The van der Waals surface area contributed by atoms with Gasteiger partial charge in [0.05, 0.1) is 5.75 Å². The van der Waals surface area contributed by atoms with Crippen LogP contribution in [0.3, 0.4) is 0 Å². The van der Waals surface area contributed by atoms with Crippen molar-refractivity contribution in [3.05, 3.63) is 23.8 Å². The summed E-state index contributed by atoms with van der Waals surface area (Å²) in [7, 11) is -3.51. The number of primary sulfonamides is 1. The van der Waals surface area contributed by atoms with Crippen molar-refractivity contribution in [2.75, 3.05) is 32.1 Å². The molecule has 1 atom stereocenters. The van der Waals surface area contributed by atoms with E-state index in [0.717, 1.165) is 0 Å². The zero-order valence-electron chi connectivity index (χ0n) is 12.0. The van der Waals surface area contributed by atoms with Crippen molar-refractivity contribution in [3.8, 4) is 11.5 Å². The Morgan fingerprint density at radius 2 is 2.00 bits per heavy atom. The first kappa shape index (κ1) is 15.1. The molecule has 1 aromatic rings. The van der Waals surface area contributed by atoms with Gasteiger partial charge in [-0.15, -0.1) is 0 Å². The monoisotopic (exact) mass is 326 g/mol. The van der Waals surface area contributed by atoms with Crippen molar-refractivity contribution in [1.82, 2.24) is 4.90 Å². The summed E-state index contributed by atoms with van der Waals surface area (Å²) >= 11 is 0. The maximum Gasteiger partial charge on any atom is 0.254 e. The molecule has 0 aromatic heterocycles. The lowest BCUT2D eigenvalue weighted by molar-refractivity contribution is 0.0787. The number of carbonyl (C=O) groups is 1. The molecule has 0 bridgehead atoms. The predicted octanol–water partition coefficient (Wildman–Crippen LogP) is 0.208. The molecule has 7 nitrogen and oxygen atoms in total. The van der Waals surface area contributed by atoms with Gasteiger partial charge in [0.25, 0.3) is 5.91 Å². The van der Waals surface area contributed by atoms with Gasteiger partial charge in [-0.1, -0.05) is 0 Å². The van der Waals surface area contributed by atoms with Crippen molar-refractivity contribution in [2.45, 2.75) is 6.42 Å². The summed E-state index contributed by atoms with van der Waals surface area (Å²) in [6.07, 6.45) is 0.646. The van der Waals surface area contributed by atoms with Gasteiger partial charge in [0.1, 0.15) is 13.2 Å². The van der Waals surface area contributed by atoms with E-state index in [1.165, 1.54) is 0 Å². The minimum Gasteiger partial charge on any atom is -0.486 e. The van der Waals surface area contributed by atoms with Crippen molar-refractivity contribution in [1.29, 1.82) is 0 Å². The minimum atomic E-state index is -3.51. The fourth-order valence-electron chi connectivity index (χ4n) is 2.84. The molecular weight excluding hydrogens is 308 g/mol. The van der Waals surface area contributed by atoms with E-state index < -0.39 is 10.0 Å². The molecule has 3 rings (SSSR count). The van der Waals surface area contributed by atoms with Crippen LogP contribution < -0.4 is 14.6 Å². The van der Waals surface area contributed by atoms with Crippen LogP contribution in [0.5, 0.6) is 11.5 Å². The lowest BCUT2D eigenvalue weighted by atomic mass is 10.1. The Bertz CT molecular complexity index is 688. The lowest BCUT2D eigenvalue weighted by Crippen LogP contribution is -2.31. The summed E-state index contributed by atoms with van der Waals surface area (Å²) < 4.78 is 33.2. The highest BCUT2D eigenvalue weighted by atomic mass is 32.2. The van der Waals surface area contributed by atoms with Crippen LogP contribution in [0.25, 0.3) is 0 Å². The number of carbonyl (C=O) groups excluding carboxylic acids is 1. The number of rotatable bonds is 3. The van der Waals surface area contributed by atoms with Gasteiger partial charge in [-0.05, 0) is 30.5 Å². The quantitative estimate of drug-likeness (QED) is 0.856. The first-order chi connectivity index (χ1) is 10.4. The third-order valence-corrected chi connectivity index (χ3v) is 4.77. The topological polar surface area (TPSA) is 98.9 Å². The summed E-state index contributed by atoms with van der Waals surface area (Å²) in [5.74, 6) is 0.886. The molecule has 22 heavy (non-hydrogen) atoms. The molecule has 0 unspecified atom stereocenters. The number of amides is 1. The molecule has 1 fully saturated rings. The van der Waals surface area contributed by atoms with Gasteiger partial charge >= 0.3 is 0 Å². The number of nitrogens with zero attached hydrogens (tertiary/aromatic N) is 1. The highest BCUT2D eigenvalue weighted by Gasteiger charge is 2.29. The normalized spacial score (nSPS) is 21.0. The molecule has 1 amide bonds. The van der Waals surface area contributed by atoms with Crippen LogP contribution >= 0.6 is 0 Å². The van der Waals surface area contributed by atoms with E-state index >= 15 is 0 Å². The molecule has 0 spiro atoms. The lowest BCUT2D eigenvalue weighted by Gasteiger charge is -2.20. The fourth-order valence-corrected chi connectivity index (χ4v) is 3.77. The number of fused-ring (bicyclic) bond motifs is 1. The zero-order chi connectivity index (χ0) is 15.7. The highest BCUT2D eigenvalue weighted by Crippen LogP contribution is 2.31. The number of likely N-dealkylation sites (tertiary alicyclic amines) is 1. The van der Waals surface area contributed by atoms with Crippen molar-refractivity contribution >= 4 is 15.9 Å². The molecular formula is C14H18N2O5S. The average molecular weight is 326 g/mol. The molecule has 120 valence electrons. The third-order valence-electron chi connectivity index (χ3n) is 3.83. The van der Waals surface area contributed by atoms with E-state index in [1.807, 2.05) is 0 Å². The van der Waals surface area contributed by atoms with Gasteiger partial charge in [-0.2, -0.15) is 0 Å². The summed E-state index contributed by atoms with van der Waals surface area (Å²) in [5, 5.41) is 5.06. The van der Waals surface area contributed by atoms with Crippen LogP contribution in [0.15, 0.2) is 18.2 Å². The van der Waals surface area contributed by atoms with E-state index in [2.05, 4.69) is 0 Å². The first-order valence-electron chi connectivity index (χ1n) is 7.12. The first-order valence-corrected chi connectivity index (χ1v) is 8.83. The van der Waals surface area contributed by atoms with Crippen LogP contribution in [0.4, 0.5) is 0 Å². The molecule has 2 aliphatic heterocycles. The van der Waals surface area contributed by atoms with E-state index in [-0.39, 0.29) is 17.6 Å². The number of sulfonamides is 1. The van der Waals surface area contributed by atoms with Gasteiger partial charge in [-0.3, -0.25) is 4.79 Å². The van der Waals surface area contributed by atoms with E-state index in [0.29, 0.717) is 49.8 Å². The zero-order valence-corrected chi connectivity index (χ0v) is 12.8. The minimum absolute atomic E-state index is 0.0854. The van der Waals surface area contributed by atoms with Crippen molar-refractivity contribution in [3.63, 3.8) is 0 Å². The molecule has 1 aromatic carbocycles. The van der Waals surface area contributed by atoms with E-state index in [9.17, 15) is 13.2 Å². The molecule has 2 aliphatic rings. The number of hydrogen-bond donors (Lipinski definition) is 1. The predicted molar refractivity (Wildman–Crippen MR) is 79.4 cm³/mol. The van der Waals surface area contributed by atoms with Crippen LogP contribution in [-0.2, 0) is 10.0 Å². The molecule has 0 saturated carbocycles. The SMILES string of the molecule is NS(=O)(=O)C[C@H]1CCN(C(=O)c2ccc3c(c2)OCCO3)C1. The Hall–Kier alpha value is -1.80. The second-order valence-corrected chi connectivity index (χ2v) is 7.25. The van der Waals surface area contributed by atoms with Gasteiger partial charge in [0, 0.05) is 18.7 Å². The van der Waals surface area contributed by atoms with Crippen LogP contribution in [0.1, 0.15) is 16.8 Å². The second kappa shape index (κ2) is 5.77. The average Bonchev–Trinajstić information content (AvgIpc) is 2.92. The van der Waals surface area contributed by atoms with Gasteiger partial charge in [0.15, 0.2) is 11.5 Å². The molecule has 2 heterocycles. The molecule has 0 radical (unpaired) electrons. The van der Waals surface area contributed by atoms with Gasteiger partial charge in [0.2, 0.25) is 10.0 Å². The highest BCUT2D eigenvalue weighted by molar-refractivity contribution is 7.89. The molecule has 8 heteroatoms. The Morgan fingerprint density at radius 3 is 2.73 bits per heavy atom. The number of benzene rings is 1. The number of ether oxygens (including phenoxy) is 2. The maximum absolute atomic E-state index is 12.5. The van der Waals surface area contributed by atoms with Crippen LogP contribution in [0.2, 0.25) is 0 Å². The molecule has 0 aliphatic carbocycles.